The highest BCUT2D eigenvalue weighted by atomic mass is 16.2. The van der Waals surface area contributed by atoms with Crippen LogP contribution in [0, 0.1) is 13.8 Å². The minimum atomic E-state index is -0.565. The summed E-state index contributed by atoms with van der Waals surface area (Å²) in [5.74, 6) is -1.08. The molecule has 0 spiro atoms. The molecule has 1 fully saturated rings. The number of hydrogen-bond donors (Lipinski definition) is 2. The van der Waals surface area contributed by atoms with Crippen molar-refractivity contribution in [1.29, 1.82) is 0 Å². The van der Waals surface area contributed by atoms with Crippen LogP contribution in [0.3, 0.4) is 0 Å². The molecule has 144 valence electrons. The second-order valence-corrected chi connectivity index (χ2v) is 7.63. The molecule has 4 nitrogen and oxygen atoms in total. The first-order valence-corrected chi connectivity index (χ1v) is 10.3. The van der Waals surface area contributed by atoms with Gasteiger partial charge in [-0.15, -0.1) is 0 Å². The SMILES string of the molecule is Cc1cccc(NC(=O)C(=O)NC2CCCCCCCCCCC2)c1C. The molecule has 0 heterocycles. The maximum absolute atomic E-state index is 12.4. The van der Waals surface area contributed by atoms with Crippen molar-refractivity contribution >= 4 is 17.5 Å². The van der Waals surface area contributed by atoms with Crippen molar-refractivity contribution in [2.45, 2.75) is 90.5 Å². The second kappa shape index (κ2) is 11.0. The third-order valence-electron chi connectivity index (χ3n) is 5.50. The summed E-state index contributed by atoms with van der Waals surface area (Å²) in [6, 6.07) is 5.84. The lowest BCUT2D eigenvalue weighted by Crippen LogP contribution is -2.42. The molecule has 0 aromatic heterocycles. The summed E-state index contributed by atoms with van der Waals surface area (Å²) in [6.07, 6.45) is 13.2. The van der Waals surface area contributed by atoms with Crippen molar-refractivity contribution < 1.29 is 9.59 Å². The van der Waals surface area contributed by atoms with Gasteiger partial charge in [0.2, 0.25) is 0 Å². The van der Waals surface area contributed by atoms with Crippen LogP contribution < -0.4 is 10.6 Å². The molecule has 26 heavy (non-hydrogen) atoms. The summed E-state index contributed by atoms with van der Waals surface area (Å²) in [5, 5.41) is 5.73. The Morgan fingerprint density at radius 2 is 1.35 bits per heavy atom. The van der Waals surface area contributed by atoms with Gasteiger partial charge in [0.05, 0.1) is 0 Å². The fraction of sp³-hybridized carbons (Fsp3) is 0.636. The van der Waals surface area contributed by atoms with Gasteiger partial charge < -0.3 is 10.6 Å². The van der Waals surface area contributed by atoms with Crippen molar-refractivity contribution in [2.24, 2.45) is 0 Å². The first-order valence-electron chi connectivity index (χ1n) is 10.3. The molecule has 0 saturated heterocycles. The van der Waals surface area contributed by atoms with Crippen LogP contribution in [0.5, 0.6) is 0 Å². The van der Waals surface area contributed by atoms with E-state index in [1.165, 1.54) is 44.9 Å². The number of nitrogens with one attached hydrogen (secondary N) is 2. The lowest BCUT2D eigenvalue weighted by Gasteiger charge is -2.19. The third kappa shape index (κ3) is 6.81. The van der Waals surface area contributed by atoms with E-state index in [0.29, 0.717) is 5.69 Å². The molecule has 1 aliphatic rings. The van der Waals surface area contributed by atoms with E-state index in [1.807, 2.05) is 32.0 Å². The Bertz CT molecular complexity index is 586. The van der Waals surface area contributed by atoms with E-state index in [0.717, 1.165) is 36.8 Å². The second-order valence-electron chi connectivity index (χ2n) is 7.63. The molecule has 2 N–H and O–H groups in total. The topological polar surface area (TPSA) is 58.2 Å². The average Bonchev–Trinajstić information content (AvgIpc) is 2.61. The lowest BCUT2D eigenvalue weighted by atomic mass is 9.98. The Morgan fingerprint density at radius 1 is 0.808 bits per heavy atom. The van der Waals surface area contributed by atoms with Gasteiger partial charge in [0.15, 0.2) is 0 Å². The molecule has 1 aromatic rings. The molecule has 2 rings (SSSR count). The number of anilines is 1. The summed E-state index contributed by atoms with van der Waals surface area (Å²) in [6.45, 7) is 3.95. The van der Waals surface area contributed by atoms with Gasteiger partial charge in [0, 0.05) is 11.7 Å². The number of amides is 2. The van der Waals surface area contributed by atoms with Crippen LogP contribution in [-0.2, 0) is 9.59 Å². The predicted molar refractivity (Wildman–Crippen MR) is 107 cm³/mol. The van der Waals surface area contributed by atoms with Crippen molar-refractivity contribution in [3.8, 4) is 0 Å². The summed E-state index contributed by atoms with van der Waals surface area (Å²) in [4.78, 5) is 24.7. The van der Waals surface area contributed by atoms with Gasteiger partial charge in [-0.25, -0.2) is 0 Å². The Balaban J connectivity index is 1.88. The first-order chi connectivity index (χ1) is 12.6. The van der Waals surface area contributed by atoms with Crippen LogP contribution >= 0.6 is 0 Å². The molecule has 0 unspecified atom stereocenters. The molecule has 2 amide bonds. The molecule has 1 aromatic carbocycles. The summed E-state index contributed by atoms with van der Waals surface area (Å²) in [7, 11) is 0. The number of rotatable bonds is 2. The van der Waals surface area contributed by atoms with Gasteiger partial charge in [0.1, 0.15) is 0 Å². The Hall–Kier alpha value is -1.84. The fourth-order valence-electron chi connectivity index (χ4n) is 3.62. The fourth-order valence-corrected chi connectivity index (χ4v) is 3.62. The molecule has 0 atom stereocenters. The Kier molecular flexibility index (Phi) is 8.66. The first kappa shape index (κ1) is 20.5. The molecule has 4 heteroatoms. The normalized spacial score (nSPS) is 17.6. The molecular formula is C22H34N2O2. The quantitative estimate of drug-likeness (QED) is 0.728. The number of aryl methyl sites for hydroxylation is 1. The van der Waals surface area contributed by atoms with E-state index in [2.05, 4.69) is 10.6 Å². The smallest absolute Gasteiger partial charge is 0.313 e. The van der Waals surface area contributed by atoms with Crippen molar-refractivity contribution in [1.82, 2.24) is 5.32 Å². The summed E-state index contributed by atoms with van der Waals surface area (Å²) < 4.78 is 0. The monoisotopic (exact) mass is 358 g/mol. The molecule has 1 aliphatic carbocycles. The van der Waals surface area contributed by atoms with E-state index in [4.69, 9.17) is 0 Å². The van der Waals surface area contributed by atoms with E-state index >= 15 is 0 Å². The highest BCUT2D eigenvalue weighted by Crippen LogP contribution is 2.19. The maximum Gasteiger partial charge on any atom is 0.313 e. The Morgan fingerprint density at radius 3 is 1.92 bits per heavy atom. The summed E-state index contributed by atoms with van der Waals surface area (Å²) in [5.41, 5.74) is 2.81. The molecular weight excluding hydrogens is 324 g/mol. The van der Waals surface area contributed by atoms with Gasteiger partial charge >= 0.3 is 11.8 Å². The van der Waals surface area contributed by atoms with Crippen LogP contribution in [0.25, 0.3) is 0 Å². The number of carbonyl (C=O) groups excluding carboxylic acids is 2. The molecule has 0 radical (unpaired) electrons. The zero-order chi connectivity index (χ0) is 18.8. The Labute approximate surface area is 158 Å². The van der Waals surface area contributed by atoms with Crippen LogP contribution in [-0.4, -0.2) is 17.9 Å². The maximum atomic E-state index is 12.4. The zero-order valence-corrected chi connectivity index (χ0v) is 16.4. The summed E-state index contributed by atoms with van der Waals surface area (Å²) >= 11 is 0. The van der Waals surface area contributed by atoms with Crippen LogP contribution in [0.4, 0.5) is 5.69 Å². The van der Waals surface area contributed by atoms with Gasteiger partial charge in [-0.3, -0.25) is 9.59 Å². The van der Waals surface area contributed by atoms with Crippen LogP contribution in [0.2, 0.25) is 0 Å². The van der Waals surface area contributed by atoms with Crippen molar-refractivity contribution in [3.05, 3.63) is 29.3 Å². The minimum Gasteiger partial charge on any atom is -0.345 e. The third-order valence-corrected chi connectivity index (χ3v) is 5.50. The van der Waals surface area contributed by atoms with Crippen molar-refractivity contribution in [3.63, 3.8) is 0 Å². The lowest BCUT2D eigenvalue weighted by molar-refractivity contribution is -0.136. The number of benzene rings is 1. The molecule has 0 aliphatic heterocycles. The number of carbonyl (C=O) groups is 2. The van der Waals surface area contributed by atoms with E-state index in [9.17, 15) is 9.59 Å². The highest BCUT2D eigenvalue weighted by molar-refractivity contribution is 6.39. The number of hydrogen-bond acceptors (Lipinski definition) is 2. The minimum absolute atomic E-state index is 0.117. The van der Waals surface area contributed by atoms with E-state index in [-0.39, 0.29) is 6.04 Å². The van der Waals surface area contributed by atoms with Crippen molar-refractivity contribution in [2.75, 3.05) is 5.32 Å². The van der Waals surface area contributed by atoms with Gasteiger partial charge in [-0.05, 0) is 43.9 Å². The highest BCUT2D eigenvalue weighted by Gasteiger charge is 2.19. The largest absolute Gasteiger partial charge is 0.345 e. The van der Waals surface area contributed by atoms with Gasteiger partial charge in [0.25, 0.3) is 0 Å². The van der Waals surface area contributed by atoms with E-state index in [1.54, 1.807) is 0 Å². The van der Waals surface area contributed by atoms with Crippen LogP contribution in [0.15, 0.2) is 18.2 Å². The molecule has 0 bridgehead atoms. The van der Waals surface area contributed by atoms with Gasteiger partial charge in [-0.2, -0.15) is 0 Å². The zero-order valence-electron chi connectivity index (χ0n) is 16.4. The van der Waals surface area contributed by atoms with Gasteiger partial charge in [-0.1, -0.05) is 69.9 Å². The average molecular weight is 359 g/mol. The molecule has 1 saturated carbocycles. The standard InChI is InChI=1S/C22H34N2O2/c1-17-13-12-16-20(18(17)2)24-22(26)21(25)23-19-14-10-8-6-4-3-5-7-9-11-15-19/h12-13,16,19H,3-11,14-15H2,1-2H3,(H,23,25)(H,24,26). The van der Waals surface area contributed by atoms with Crippen LogP contribution in [0.1, 0.15) is 81.8 Å². The van der Waals surface area contributed by atoms with E-state index < -0.39 is 11.8 Å². The predicted octanol–water partition coefficient (Wildman–Crippen LogP) is 5.03.